The lowest BCUT2D eigenvalue weighted by Crippen LogP contribution is -2.71. The van der Waals surface area contributed by atoms with Crippen LogP contribution in [-0.4, -0.2) is 78.6 Å². The quantitative estimate of drug-likeness (QED) is 0.218. The molecule has 1 aromatic heterocycles. The van der Waals surface area contributed by atoms with E-state index in [1.54, 1.807) is 30.7 Å². The maximum Gasteiger partial charge on any atom is 0.287 e. The first-order chi connectivity index (χ1) is 24.8. The topological polar surface area (TPSA) is 190 Å². The van der Waals surface area contributed by atoms with Crippen LogP contribution in [-0.2, 0) is 24.8 Å². The lowest BCUT2D eigenvalue weighted by atomic mass is 9.47. The molecule has 13 heteroatoms. The molecule has 13 nitrogen and oxygen atoms in total. The van der Waals surface area contributed by atoms with E-state index in [0.29, 0.717) is 30.5 Å². The average Bonchev–Trinajstić information content (AvgIpc) is 3.77. The Kier molecular flexibility index (Phi) is 9.43. The average molecular weight is 712 g/mol. The Balaban J connectivity index is 1.20. The van der Waals surface area contributed by atoms with Gasteiger partial charge in [0.15, 0.2) is 0 Å². The molecule has 4 amide bonds. The summed E-state index contributed by atoms with van der Waals surface area (Å²) in [7, 11) is 0. The summed E-state index contributed by atoms with van der Waals surface area (Å²) in [6.45, 7) is 3.27. The largest absolute Gasteiger partial charge is 0.384 e. The predicted molar refractivity (Wildman–Crippen MR) is 191 cm³/mol. The number of ketones is 1. The smallest absolute Gasteiger partial charge is 0.287 e. The molecule has 276 valence electrons. The Morgan fingerprint density at radius 1 is 1.00 bits per heavy atom. The van der Waals surface area contributed by atoms with E-state index >= 15 is 0 Å². The third-order valence-electron chi connectivity index (χ3n) is 12.1. The summed E-state index contributed by atoms with van der Waals surface area (Å²) in [5.74, 6) is -3.08. The molecular weight excluding hydrogens is 662 g/mol. The van der Waals surface area contributed by atoms with E-state index < -0.39 is 52.8 Å². The number of primary amides is 1. The van der Waals surface area contributed by atoms with Gasteiger partial charge in [-0.3, -0.25) is 24.0 Å². The van der Waals surface area contributed by atoms with E-state index in [-0.39, 0.29) is 30.2 Å². The molecule has 2 heterocycles. The molecule has 3 aromatic rings. The third kappa shape index (κ3) is 6.82. The van der Waals surface area contributed by atoms with Crippen molar-refractivity contribution >= 4 is 40.2 Å². The zero-order valence-corrected chi connectivity index (χ0v) is 30.0. The molecule has 0 radical (unpaired) electrons. The molecule has 2 aromatic carbocycles. The first-order valence-corrected chi connectivity index (χ1v) is 18.7. The zero-order chi connectivity index (χ0) is 36.8. The van der Waals surface area contributed by atoms with Crippen molar-refractivity contribution in [3.05, 3.63) is 59.9 Å². The van der Waals surface area contributed by atoms with Gasteiger partial charge in [0.2, 0.25) is 17.6 Å². The van der Waals surface area contributed by atoms with Crippen molar-refractivity contribution in [2.75, 3.05) is 6.54 Å². The second-order valence-corrected chi connectivity index (χ2v) is 16.3. The molecule has 0 unspecified atom stereocenters. The molecule has 4 aliphatic rings. The van der Waals surface area contributed by atoms with Gasteiger partial charge >= 0.3 is 0 Å². The number of nitrogens with zero attached hydrogens (tertiary/aromatic N) is 4. The summed E-state index contributed by atoms with van der Waals surface area (Å²) in [4.78, 5) is 70.0. The Labute approximate surface area is 303 Å². The summed E-state index contributed by atoms with van der Waals surface area (Å²) < 4.78 is 1.55. The minimum absolute atomic E-state index is 0.0527. The number of hydrogen-bond donors (Lipinski definition) is 4. The van der Waals surface area contributed by atoms with Gasteiger partial charge < -0.3 is 26.4 Å². The van der Waals surface area contributed by atoms with Crippen LogP contribution in [0, 0.1) is 11.3 Å². The van der Waals surface area contributed by atoms with Crippen LogP contribution in [0.15, 0.2) is 48.7 Å². The number of aromatic nitrogens is 3. The number of Topliss-reactive ketones (excluding diaryl/α,β-unsaturated/α-hetero) is 1. The van der Waals surface area contributed by atoms with Crippen LogP contribution in [0.2, 0.25) is 0 Å². The summed E-state index contributed by atoms with van der Waals surface area (Å²) >= 11 is 0. The third-order valence-corrected chi connectivity index (χ3v) is 12.1. The van der Waals surface area contributed by atoms with Crippen molar-refractivity contribution < 1.29 is 29.1 Å². The molecule has 5 N–H and O–H groups in total. The van der Waals surface area contributed by atoms with Gasteiger partial charge in [0.1, 0.15) is 23.2 Å². The normalized spacial score (nSPS) is 23.0. The molecule has 3 atom stereocenters. The van der Waals surface area contributed by atoms with Crippen LogP contribution in [0.3, 0.4) is 0 Å². The number of benzene rings is 2. The van der Waals surface area contributed by atoms with E-state index in [1.165, 1.54) is 11.1 Å². The number of rotatable bonds is 11. The Hall–Kier alpha value is -4.65. The molecule has 1 aliphatic heterocycles. The summed E-state index contributed by atoms with van der Waals surface area (Å²) in [6, 6.07) is 10.6. The monoisotopic (exact) mass is 711 g/mol. The number of carbonyl (C=O) groups excluding carboxylic acids is 5. The van der Waals surface area contributed by atoms with Gasteiger partial charge in [0.25, 0.3) is 11.8 Å². The van der Waals surface area contributed by atoms with Crippen LogP contribution in [0.5, 0.6) is 0 Å². The van der Waals surface area contributed by atoms with Crippen LogP contribution in [0.1, 0.15) is 113 Å². The number of hydrogen-bond acceptors (Lipinski definition) is 8. The van der Waals surface area contributed by atoms with Gasteiger partial charge in [-0.2, -0.15) is 0 Å². The van der Waals surface area contributed by atoms with Crippen LogP contribution >= 0.6 is 0 Å². The summed E-state index contributed by atoms with van der Waals surface area (Å²) in [5, 5.41) is 27.0. The van der Waals surface area contributed by atoms with Crippen LogP contribution in [0.4, 0.5) is 0 Å². The number of aliphatic hydroxyl groups is 1. The lowest BCUT2D eigenvalue weighted by molar-refractivity contribution is -0.156. The van der Waals surface area contributed by atoms with E-state index in [1.807, 2.05) is 30.3 Å². The number of fused-ring (bicyclic) bond motifs is 1. The zero-order valence-electron chi connectivity index (χ0n) is 30.0. The van der Waals surface area contributed by atoms with E-state index in [0.717, 1.165) is 62.1 Å². The van der Waals surface area contributed by atoms with Crippen LogP contribution < -0.4 is 16.4 Å². The molecular formula is C39H49N7O6. The molecule has 1 saturated heterocycles. The van der Waals surface area contributed by atoms with Gasteiger partial charge in [0, 0.05) is 18.5 Å². The highest BCUT2D eigenvalue weighted by Gasteiger charge is 2.63. The number of carbonyl (C=O) groups is 5. The fourth-order valence-corrected chi connectivity index (χ4v) is 9.30. The van der Waals surface area contributed by atoms with Crippen molar-refractivity contribution in [1.29, 1.82) is 0 Å². The molecule has 0 bridgehead atoms. The fourth-order valence-electron chi connectivity index (χ4n) is 9.30. The predicted octanol–water partition coefficient (Wildman–Crippen LogP) is 3.44. The van der Waals surface area contributed by atoms with Gasteiger partial charge in [-0.1, -0.05) is 74.1 Å². The Morgan fingerprint density at radius 3 is 2.37 bits per heavy atom. The van der Waals surface area contributed by atoms with Gasteiger partial charge in [-0.05, 0) is 80.2 Å². The number of nitrogens with two attached hydrogens (primary N) is 1. The van der Waals surface area contributed by atoms with Crippen LogP contribution in [0.25, 0.3) is 10.8 Å². The van der Waals surface area contributed by atoms with E-state index in [9.17, 15) is 29.1 Å². The first kappa shape index (κ1) is 35.7. The second-order valence-electron chi connectivity index (χ2n) is 16.3. The summed E-state index contributed by atoms with van der Waals surface area (Å²) in [6.07, 6.45) is 10.6. The van der Waals surface area contributed by atoms with Crippen molar-refractivity contribution in [2.24, 2.45) is 17.1 Å². The maximum atomic E-state index is 14.9. The van der Waals surface area contributed by atoms with Gasteiger partial charge in [-0.15, -0.1) is 5.10 Å². The highest BCUT2D eigenvalue weighted by atomic mass is 16.3. The highest BCUT2D eigenvalue weighted by molar-refractivity contribution is 6.39. The molecule has 3 saturated carbocycles. The molecule has 3 aliphatic carbocycles. The number of amides is 4. The highest BCUT2D eigenvalue weighted by Crippen LogP contribution is 2.60. The van der Waals surface area contributed by atoms with Crippen molar-refractivity contribution in [3.63, 3.8) is 0 Å². The Bertz CT molecular complexity index is 1880. The standard InChI is InChI=1S/C39H49N7O6/c1-37(2,52)31-20-41-44-46(31)28-19-30(35(50)43-39(32(47)33(40)48)22-38(23-39)15-8-16-38)45(21-28)36(51)29(17-24-9-4-3-5-10-24)42-34(49)27-14-13-25-11-6-7-12-26(25)18-27/h6-7,11-14,18,20,24,28-30,52H,3-5,8-10,15-17,19,21-23H2,1-2H3,(H2,40,48)(H,42,49)(H,43,50)/t28-,29+,30-/m0/s1. The molecule has 4 fully saturated rings. The van der Waals surface area contributed by atoms with Gasteiger partial charge in [0.05, 0.1) is 17.9 Å². The Morgan fingerprint density at radius 2 is 1.71 bits per heavy atom. The molecule has 1 spiro atoms. The minimum Gasteiger partial charge on any atom is -0.384 e. The molecule has 52 heavy (non-hydrogen) atoms. The van der Waals surface area contributed by atoms with Crippen molar-refractivity contribution in [1.82, 2.24) is 30.5 Å². The van der Waals surface area contributed by atoms with Crippen molar-refractivity contribution in [2.45, 2.75) is 120 Å². The minimum atomic E-state index is -1.42. The second kappa shape index (κ2) is 13.7. The lowest BCUT2D eigenvalue weighted by Gasteiger charge is -2.60. The molecule has 7 rings (SSSR count). The maximum absolute atomic E-state index is 14.9. The number of likely N-dealkylation sites (tertiary alicyclic amines) is 1. The van der Waals surface area contributed by atoms with Gasteiger partial charge in [-0.25, -0.2) is 4.68 Å². The first-order valence-electron chi connectivity index (χ1n) is 18.7. The van der Waals surface area contributed by atoms with Crippen molar-refractivity contribution in [3.8, 4) is 0 Å². The SMILES string of the molecule is CC(C)(O)c1cnnn1[C@H]1C[C@@H](C(=O)NC2(C(=O)C(N)=O)CC3(CCC3)C2)N(C(=O)[C@@H](CC2CCCCC2)NC(=O)c2ccc3ccccc3c2)C1. The number of nitrogens with one attached hydrogen (secondary N) is 2. The summed E-state index contributed by atoms with van der Waals surface area (Å²) in [5.41, 5.74) is 3.51. The van der Waals surface area contributed by atoms with E-state index in [4.69, 9.17) is 5.73 Å². The fraction of sp³-hybridized carbons (Fsp3) is 0.564. The van der Waals surface area contributed by atoms with E-state index in [2.05, 4.69) is 20.9 Å².